The lowest BCUT2D eigenvalue weighted by Gasteiger charge is -2.25. The molecule has 0 amide bonds. The largest absolute Gasteiger partial charge is 0.313 e. The molecule has 1 rings (SSSR count). The molecule has 0 aromatic carbocycles. The number of rotatable bonds is 6. The third kappa shape index (κ3) is 4.54. The van der Waals surface area contributed by atoms with E-state index < -0.39 is 10.2 Å². The Morgan fingerprint density at radius 3 is 2.24 bits per heavy atom. The Balaban J connectivity index is 2.26. The second kappa shape index (κ2) is 6.68. The summed E-state index contributed by atoms with van der Waals surface area (Å²) in [6, 6.07) is 0.583. The highest BCUT2D eigenvalue weighted by Gasteiger charge is 2.20. The van der Waals surface area contributed by atoms with Crippen molar-refractivity contribution in [3.05, 3.63) is 0 Å². The topological polar surface area (TPSA) is 52.7 Å². The summed E-state index contributed by atoms with van der Waals surface area (Å²) in [6.45, 7) is 1.26. The monoisotopic (exact) mass is 263 g/mol. The third-order valence-corrected chi connectivity index (χ3v) is 5.21. The highest BCUT2D eigenvalue weighted by atomic mass is 32.2. The van der Waals surface area contributed by atoms with E-state index in [-0.39, 0.29) is 0 Å². The second-order valence-electron chi connectivity index (χ2n) is 4.90. The average Bonchev–Trinajstić information content (AvgIpc) is 2.30. The van der Waals surface area contributed by atoms with Crippen LogP contribution in [0.15, 0.2) is 0 Å². The van der Waals surface area contributed by atoms with Crippen molar-refractivity contribution in [1.82, 2.24) is 13.9 Å². The lowest BCUT2D eigenvalue weighted by molar-refractivity contribution is 0.353. The predicted molar refractivity (Wildman–Crippen MR) is 70.1 cm³/mol. The summed E-state index contributed by atoms with van der Waals surface area (Å²) in [4.78, 5) is 0. The molecule has 0 heterocycles. The van der Waals surface area contributed by atoms with Crippen LogP contribution in [0, 0.1) is 0 Å². The fourth-order valence-corrected chi connectivity index (χ4v) is 3.01. The Morgan fingerprint density at radius 2 is 1.71 bits per heavy atom. The Morgan fingerprint density at radius 1 is 1.12 bits per heavy atom. The van der Waals surface area contributed by atoms with Crippen molar-refractivity contribution in [2.24, 2.45) is 0 Å². The number of nitrogens with zero attached hydrogens (tertiary/aromatic N) is 2. The van der Waals surface area contributed by atoms with Crippen molar-refractivity contribution in [2.75, 3.05) is 34.2 Å². The highest BCUT2D eigenvalue weighted by molar-refractivity contribution is 7.86. The van der Waals surface area contributed by atoms with Gasteiger partial charge in [-0.3, -0.25) is 0 Å². The SMILES string of the molecule is CN(C)S(=O)(=O)N(C)CCNC1CCCCC1. The lowest BCUT2D eigenvalue weighted by Crippen LogP contribution is -2.42. The van der Waals surface area contributed by atoms with Crippen LogP contribution in [0.3, 0.4) is 0 Å². The minimum atomic E-state index is -3.25. The van der Waals surface area contributed by atoms with Crippen molar-refractivity contribution in [3.8, 4) is 0 Å². The van der Waals surface area contributed by atoms with E-state index in [1.807, 2.05) is 0 Å². The maximum atomic E-state index is 11.7. The van der Waals surface area contributed by atoms with E-state index in [9.17, 15) is 8.42 Å². The van der Waals surface area contributed by atoms with E-state index in [0.29, 0.717) is 12.6 Å². The molecule has 0 aliphatic heterocycles. The maximum absolute atomic E-state index is 11.7. The van der Waals surface area contributed by atoms with E-state index in [2.05, 4.69) is 5.32 Å². The molecule has 5 nitrogen and oxygen atoms in total. The van der Waals surface area contributed by atoms with E-state index in [1.54, 1.807) is 21.1 Å². The summed E-state index contributed by atoms with van der Waals surface area (Å²) in [7, 11) is 1.48. The summed E-state index contributed by atoms with van der Waals surface area (Å²) in [5.74, 6) is 0. The van der Waals surface area contributed by atoms with Crippen LogP contribution in [0.2, 0.25) is 0 Å². The predicted octanol–water partition coefficient (Wildman–Crippen LogP) is 0.647. The minimum absolute atomic E-state index is 0.525. The fraction of sp³-hybridized carbons (Fsp3) is 1.00. The van der Waals surface area contributed by atoms with E-state index in [4.69, 9.17) is 0 Å². The van der Waals surface area contributed by atoms with Crippen LogP contribution in [0.4, 0.5) is 0 Å². The van der Waals surface area contributed by atoms with Gasteiger partial charge in [0.2, 0.25) is 0 Å². The summed E-state index contributed by atoms with van der Waals surface area (Å²) in [5, 5.41) is 3.44. The first-order valence-corrected chi connectivity index (χ1v) is 7.71. The van der Waals surface area contributed by atoms with Gasteiger partial charge < -0.3 is 5.32 Å². The molecular formula is C11H25N3O2S. The maximum Gasteiger partial charge on any atom is 0.281 e. The van der Waals surface area contributed by atoms with Gasteiger partial charge in [-0.05, 0) is 12.8 Å². The first-order chi connectivity index (χ1) is 7.94. The van der Waals surface area contributed by atoms with Crippen molar-refractivity contribution >= 4 is 10.2 Å². The molecule has 1 fully saturated rings. The van der Waals surface area contributed by atoms with Crippen molar-refractivity contribution < 1.29 is 8.42 Å². The molecule has 0 radical (unpaired) electrons. The van der Waals surface area contributed by atoms with Crippen LogP contribution in [0.5, 0.6) is 0 Å². The molecular weight excluding hydrogens is 238 g/mol. The zero-order valence-corrected chi connectivity index (χ0v) is 12.0. The molecule has 0 unspecified atom stereocenters. The molecule has 0 aromatic heterocycles. The van der Waals surface area contributed by atoms with Crippen LogP contribution >= 0.6 is 0 Å². The van der Waals surface area contributed by atoms with Gasteiger partial charge in [-0.1, -0.05) is 19.3 Å². The molecule has 0 aromatic rings. The van der Waals surface area contributed by atoms with E-state index >= 15 is 0 Å². The first-order valence-electron chi connectivity index (χ1n) is 6.32. The molecule has 6 heteroatoms. The number of nitrogens with one attached hydrogen (secondary N) is 1. The summed E-state index contributed by atoms with van der Waals surface area (Å²) >= 11 is 0. The zero-order chi connectivity index (χ0) is 12.9. The van der Waals surface area contributed by atoms with Gasteiger partial charge in [0.1, 0.15) is 0 Å². The number of hydrogen-bond acceptors (Lipinski definition) is 3. The molecule has 0 bridgehead atoms. The Labute approximate surface area is 105 Å². The van der Waals surface area contributed by atoms with Gasteiger partial charge in [-0.25, -0.2) is 0 Å². The Bertz CT molecular complexity index is 311. The minimum Gasteiger partial charge on any atom is -0.313 e. The molecule has 1 aliphatic rings. The Hall–Kier alpha value is -0.170. The van der Waals surface area contributed by atoms with Crippen molar-refractivity contribution in [3.63, 3.8) is 0 Å². The lowest BCUT2D eigenvalue weighted by atomic mass is 9.95. The van der Waals surface area contributed by atoms with Gasteiger partial charge in [-0.15, -0.1) is 0 Å². The van der Waals surface area contributed by atoms with Crippen LogP contribution in [-0.4, -0.2) is 57.3 Å². The van der Waals surface area contributed by atoms with Crippen LogP contribution < -0.4 is 5.32 Å². The molecule has 17 heavy (non-hydrogen) atoms. The smallest absolute Gasteiger partial charge is 0.281 e. The van der Waals surface area contributed by atoms with Gasteiger partial charge in [-0.2, -0.15) is 17.0 Å². The fourth-order valence-electron chi connectivity index (χ4n) is 2.13. The van der Waals surface area contributed by atoms with Gasteiger partial charge in [0.15, 0.2) is 0 Å². The molecule has 1 aliphatic carbocycles. The van der Waals surface area contributed by atoms with Gasteiger partial charge >= 0.3 is 0 Å². The van der Waals surface area contributed by atoms with Crippen LogP contribution in [-0.2, 0) is 10.2 Å². The molecule has 1 N–H and O–H groups in total. The number of hydrogen-bond donors (Lipinski definition) is 1. The third-order valence-electron chi connectivity index (χ3n) is 3.32. The van der Waals surface area contributed by atoms with Crippen LogP contribution in [0.1, 0.15) is 32.1 Å². The summed E-state index contributed by atoms with van der Waals surface area (Å²) in [5.41, 5.74) is 0. The van der Waals surface area contributed by atoms with E-state index in [0.717, 1.165) is 6.54 Å². The zero-order valence-electron chi connectivity index (χ0n) is 11.1. The standard InChI is InChI=1S/C11H25N3O2S/c1-13(2)17(15,16)14(3)10-9-12-11-7-5-4-6-8-11/h11-12H,4-10H2,1-3H3. The van der Waals surface area contributed by atoms with Crippen molar-refractivity contribution in [1.29, 1.82) is 0 Å². The highest BCUT2D eigenvalue weighted by Crippen LogP contribution is 2.17. The first kappa shape index (κ1) is 14.9. The average molecular weight is 263 g/mol. The quantitative estimate of drug-likeness (QED) is 0.765. The Kier molecular flexibility index (Phi) is 5.85. The van der Waals surface area contributed by atoms with Crippen LogP contribution in [0.25, 0.3) is 0 Å². The number of likely N-dealkylation sites (N-methyl/N-ethyl adjacent to an activating group) is 1. The van der Waals surface area contributed by atoms with Crippen molar-refractivity contribution in [2.45, 2.75) is 38.1 Å². The van der Waals surface area contributed by atoms with Gasteiger partial charge in [0.05, 0.1) is 0 Å². The van der Waals surface area contributed by atoms with E-state index in [1.165, 1.54) is 40.7 Å². The summed E-state index contributed by atoms with van der Waals surface area (Å²) < 4.78 is 26.1. The van der Waals surface area contributed by atoms with Gasteiger partial charge in [0.25, 0.3) is 10.2 Å². The molecule has 0 spiro atoms. The normalized spacial score (nSPS) is 19.1. The second-order valence-corrected chi connectivity index (χ2v) is 7.15. The summed E-state index contributed by atoms with van der Waals surface area (Å²) in [6.07, 6.45) is 6.38. The molecule has 102 valence electrons. The van der Waals surface area contributed by atoms with Gasteiger partial charge in [0, 0.05) is 40.3 Å². The molecule has 1 saturated carbocycles. The molecule has 0 atom stereocenters. The molecule has 0 saturated heterocycles.